The maximum absolute atomic E-state index is 3.94. The summed E-state index contributed by atoms with van der Waals surface area (Å²) in [5.41, 5.74) is 0. The standard InChI is InChI=1S/C11H21/c1-5-11(4)9-7-6-8-10(2)3/h7,9-11H,2,5-6,8H2,1,3-4H3. The maximum Gasteiger partial charge on any atom is -0.0265 e. The molecule has 0 fully saturated rings. The van der Waals surface area contributed by atoms with Gasteiger partial charge in [-0.25, -0.2) is 0 Å². The molecule has 65 valence electrons. The largest absolute Gasteiger partial charge is 0.0883 e. The van der Waals surface area contributed by atoms with Gasteiger partial charge in [0.25, 0.3) is 0 Å². The average Bonchev–Trinajstić information content (AvgIpc) is 1.97. The Morgan fingerprint density at radius 2 is 2.00 bits per heavy atom. The SMILES string of the molecule is [CH2]C(C)CCC=CC(C)CC. The minimum Gasteiger partial charge on any atom is -0.0883 e. The molecule has 2 unspecified atom stereocenters. The molecule has 0 nitrogen and oxygen atoms in total. The molecule has 0 amide bonds. The van der Waals surface area contributed by atoms with Crippen LogP contribution < -0.4 is 0 Å². The zero-order valence-electron chi connectivity index (χ0n) is 8.14. The van der Waals surface area contributed by atoms with Gasteiger partial charge in [0.2, 0.25) is 0 Å². The first-order valence-corrected chi connectivity index (χ1v) is 4.66. The van der Waals surface area contributed by atoms with Crippen LogP contribution in [0.15, 0.2) is 12.2 Å². The van der Waals surface area contributed by atoms with E-state index in [0.29, 0.717) is 5.92 Å². The Kier molecular flexibility index (Phi) is 6.30. The predicted octanol–water partition coefficient (Wildman–Crippen LogP) is 3.84. The minimum absolute atomic E-state index is 0.594. The Morgan fingerprint density at radius 1 is 1.36 bits per heavy atom. The molecule has 0 saturated carbocycles. The van der Waals surface area contributed by atoms with Crippen LogP contribution in [0.3, 0.4) is 0 Å². The van der Waals surface area contributed by atoms with E-state index < -0.39 is 0 Å². The Morgan fingerprint density at radius 3 is 2.45 bits per heavy atom. The van der Waals surface area contributed by atoms with Gasteiger partial charge < -0.3 is 0 Å². The molecule has 0 bridgehead atoms. The first-order chi connectivity index (χ1) is 5.16. The first-order valence-electron chi connectivity index (χ1n) is 4.66. The summed E-state index contributed by atoms with van der Waals surface area (Å²) in [7, 11) is 0. The van der Waals surface area contributed by atoms with E-state index in [-0.39, 0.29) is 0 Å². The molecular formula is C11H21. The lowest BCUT2D eigenvalue weighted by atomic mass is 10.1. The third-order valence-electron chi connectivity index (χ3n) is 1.93. The lowest BCUT2D eigenvalue weighted by Gasteiger charge is -2.01. The van der Waals surface area contributed by atoms with E-state index in [2.05, 4.69) is 39.8 Å². The van der Waals surface area contributed by atoms with Crippen molar-refractivity contribution in [2.24, 2.45) is 11.8 Å². The molecule has 0 heterocycles. The monoisotopic (exact) mass is 153 g/mol. The molecule has 0 heteroatoms. The Hall–Kier alpha value is -0.260. The summed E-state index contributed by atoms with van der Waals surface area (Å²) in [4.78, 5) is 0. The first kappa shape index (κ1) is 10.7. The van der Waals surface area contributed by atoms with Crippen molar-refractivity contribution in [3.05, 3.63) is 19.1 Å². The van der Waals surface area contributed by atoms with Crippen LogP contribution in [0.2, 0.25) is 0 Å². The van der Waals surface area contributed by atoms with Crippen molar-refractivity contribution in [1.29, 1.82) is 0 Å². The van der Waals surface area contributed by atoms with Gasteiger partial charge in [-0.1, -0.05) is 46.3 Å². The molecule has 0 aromatic heterocycles. The molecule has 0 spiro atoms. The van der Waals surface area contributed by atoms with Gasteiger partial charge in [0, 0.05) is 0 Å². The highest BCUT2D eigenvalue weighted by Gasteiger charge is 1.92. The van der Waals surface area contributed by atoms with Crippen molar-refractivity contribution in [2.45, 2.75) is 40.0 Å². The summed E-state index contributed by atoms with van der Waals surface area (Å²) in [5, 5.41) is 0. The maximum atomic E-state index is 3.94. The zero-order chi connectivity index (χ0) is 8.69. The molecule has 2 atom stereocenters. The van der Waals surface area contributed by atoms with Gasteiger partial charge in [0.1, 0.15) is 0 Å². The lowest BCUT2D eigenvalue weighted by Crippen LogP contribution is -1.87. The van der Waals surface area contributed by atoms with Crippen LogP contribution in [0.25, 0.3) is 0 Å². The Bertz CT molecular complexity index is 101. The van der Waals surface area contributed by atoms with Crippen LogP contribution in [0.4, 0.5) is 0 Å². The average molecular weight is 153 g/mol. The fourth-order valence-corrected chi connectivity index (χ4v) is 0.845. The van der Waals surface area contributed by atoms with Gasteiger partial charge in [-0.2, -0.15) is 0 Å². The quantitative estimate of drug-likeness (QED) is 0.526. The molecule has 0 aromatic carbocycles. The van der Waals surface area contributed by atoms with Crippen LogP contribution in [0.5, 0.6) is 0 Å². The molecule has 0 N–H and O–H groups in total. The van der Waals surface area contributed by atoms with Crippen LogP contribution in [0.1, 0.15) is 40.0 Å². The summed E-state index contributed by atoms with van der Waals surface area (Å²) in [6, 6.07) is 0. The minimum atomic E-state index is 0.594. The normalized spacial score (nSPS) is 14.6. The fourth-order valence-electron chi connectivity index (χ4n) is 0.845. The second kappa shape index (κ2) is 6.45. The molecule has 0 aliphatic carbocycles. The number of rotatable bonds is 5. The van der Waals surface area contributed by atoms with E-state index in [1.54, 1.807) is 0 Å². The van der Waals surface area contributed by atoms with Gasteiger partial charge >= 0.3 is 0 Å². The van der Waals surface area contributed by atoms with E-state index in [1.807, 2.05) is 0 Å². The Labute approximate surface area is 71.7 Å². The van der Waals surface area contributed by atoms with Crippen molar-refractivity contribution in [3.63, 3.8) is 0 Å². The summed E-state index contributed by atoms with van der Waals surface area (Å²) in [5.74, 6) is 1.34. The number of hydrogen-bond acceptors (Lipinski definition) is 0. The fraction of sp³-hybridized carbons (Fsp3) is 0.727. The van der Waals surface area contributed by atoms with Gasteiger partial charge in [-0.3, -0.25) is 0 Å². The molecule has 0 aliphatic heterocycles. The highest BCUT2D eigenvalue weighted by molar-refractivity contribution is 4.86. The molecule has 0 saturated heterocycles. The van der Waals surface area contributed by atoms with E-state index in [4.69, 9.17) is 0 Å². The van der Waals surface area contributed by atoms with E-state index in [0.717, 1.165) is 5.92 Å². The zero-order valence-corrected chi connectivity index (χ0v) is 8.14. The second-order valence-corrected chi connectivity index (χ2v) is 3.50. The van der Waals surface area contributed by atoms with Gasteiger partial charge in [0.15, 0.2) is 0 Å². The highest BCUT2D eigenvalue weighted by Crippen LogP contribution is 2.07. The molecule has 1 radical (unpaired) electrons. The molecule has 11 heavy (non-hydrogen) atoms. The van der Waals surface area contributed by atoms with E-state index in [9.17, 15) is 0 Å². The van der Waals surface area contributed by atoms with Gasteiger partial charge in [-0.15, -0.1) is 0 Å². The topological polar surface area (TPSA) is 0 Å². The van der Waals surface area contributed by atoms with Crippen LogP contribution in [-0.2, 0) is 0 Å². The predicted molar refractivity (Wildman–Crippen MR) is 52.4 cm³/mol. The van der Waals surface area contributed by atoms with Crippen LogP contribution in [-0.4, -0.2) is 0 Å². The van der Waals surface area contributed by atoms with Gasteiger partial charge in [-0.05, 0) is 24.7 Å². The number of hydrogen-bond donors (Lipinski definition) is 0. The van der Waals surface area contributed by atoms with Crippen molar-refractivity contribution >= 4 is 0 Å². The van der Waals surface area contributed by atoms with Crippen molar-refractivity contribution < 1.29 is 0 Å². The van der Waals surface area contributed by atoms with Crippen LogP contribution in [0, 0.1) is 18.8 Å². The van der Waals surface area contributed by atoms with Gasteiger partial charge in [0.05, 0.1) is 0 Å². The van der Waals surface area contributed by atoms with Crippen molar-refractivity contribution in [1.82, 2.24) is 0 Å². The molecule has 0 aliphatic rings. The van der Waals surface area contributed by atoms with Crippen molar-refractivity contribution in [2.75, 3.05) is 0 Å². The van der Waals surface area contributed by atoms with Crippen LogP contribution >= 0.6 is 0 Å². The summed E-state index contributed by atoms with van der Waals surface area (Å²) >= 11 is 0. The number of allylic oxidation sites excluding steroid dienone is 2. The molecule has 0 rings (SSSR count). The lowest BCUT2D eigenvalue weighted by molar-refractivity contribution is 0.645. The highest BCUT2D eigenvalue weighted by atomic mass is 14.0. The Balaban J connectivity index is 3.29. The molecule has 0 aromatic rings. The third kappa shape index (κ3) is 7.64. The summed E-state index contributed by atoms with van der Waals surface area (Å²) in [6.45, 7) is 10.6. The van der Waals surface area contributed by atoms with Crippen molar-refractivity contribution in [3.8, 4) is 0 Å². The summed E-state index contributed by atoms with van der Waals surface area (Å²) < 4.78 is 0. The molecular weight excluding hydrogens is 132 g/mol. The van der Waals surface area contributed by atoms with E-state index in [1.165, 1.54) is 19.3 Å². The summed E-state index contributed by atoms with van der Waals surface area (Å²) in [6.07, 6.45) is 8.25. The van der Waals surface area contributed by atoms with E-state index >= 15 is 0 Å². The smallest absolute Gasteiger partial charge is 0.0265 e. The third-order valence-corrected chi connectivity index (χ3v) is 1.93. The second-order valence-electron chi connectivity index (χ2n) is 3.50.